The van der Waals surface area contributed by atoms with Crippen LogP contribution in [0.4, 0.5) is 5.13 Å². The van der Waals surface area contributed by atoms with Crippen LogP contribution >= 0.6 is 11.3 Å². The van der Waals surface area contributed by atoms with E-state index in [2.05, 4.69) is 59.8 Å². The lowest BCUT2D eigenvalue weighted by atomic mass is 10.2. The topological polar surface area (TPSA) is 28.2 Å². The summed E-state index contributed by atoms with van der Waals surface area (Å²) >= 11 is 1.72. The van der Waals surface area contributed by atoms with Crippen molar-refractivity contribution in [1.29, 1.82) is 0 Å². The lowest BCUT2D eigenvalue weighted by Crippen LogP contribution is -2.22. The molecule has 0 amide bonds. The number of hydrogen-bond donors (Lipinski definition) is 1. The van der Waals surface area contributed by atoms with E-state index in [1.807, 2.05) is 7.05 Å². The van der Waals surface area contributed by atoms with Crippen LogP contribution in [-0.4, -0.2) is 18.6 Å². The zero-order valence-corrected chi connectivity index (χ0v) is 12.6. The van der Waals surface area contributed by atoms with Gasteiger partial charge in [-0.1, -0.05) is 30.3 Å². The summed E-state index contributed by atoms with van der Waals surface area (Å²) in [6.45, 7) is 6.19. The zero-order chi connectivity index (χ0) is 13.7. The fraction of sp³-hybridized carbons (Fsp3) is 0.400. The molecule has 0 aliphatic carbocycles. The maximum absolute atomic E-state index is 4.73. The van der Waals surface area contributed by atoms with Gasteiger partial charge in [-0.25, -0.2) is 4.98 Å². The van der Waals surface area contributed by atoms with Crippen LogP contribution in [0, 0.1) is 0 Å². The van der Waals surface area contributed by atoms with E-state index in [-0.39, 0.29) is 0 Å². The molecule has 0 aliphatic rings. The third-order valence-electron chi connectivity index (χ3n) is 3.25. The molecule has 2 aromatic rings. The highest BCUT2D eigenvalue weighted by molar-refractivity contribution is 7.13. The summed E-state index contributed by atoms with van der Waals surface area (Å²) in [7, 11) is 1.96. The van der Waals surface area contributed by atoms with Gasteiger partial charge in [0.15, 0.2) is 5.13 Å². The summed E-state index contributed by atoms with van der Waals surface area (Å²) in [5.41, 5.74) is 2.44. The fourth-order valence-corrected chi connectivity index (χ4v) is 2.87. The molecule has 19 heavy (non-hydrogen) atoms. The number of nitrogens with zero attached hydrogens (tertiary/aromatic N) is 2. The van der Waals surface area contributed by atoms with Gasteiger partial charge in [-0.2, -0.15) is 0 Å². The maximum atomic E-state index is 4.73. The minimum absolute atomic E-state index is 0.306. The van der Waals surface area contributed by atoms with Gasteiger partial charge in [0.25, 0.3) is 0 Å². The Balaban J connectivity index is 2.11. The largest absolute Gasteiger partial charge is 0.344 e. The third-order valence-corrected chi connectivity index (χ3v) is 4.17. The van der Waals surface area contributed by atoms with Crippen LogP contribution in [0.2, 0.25) is 0 Å². The van der Waals surface area contributed by atoms with Crippen LogP contribution in [0.3, 0.4) is 0 Å². The molecule has 4 heteroatoms. The second-order valence-corrected chi connectivity index (χ2v) is 5.40. The lowest BCUT2D eigenvalue weighted by molar-refractivity contribution is 0.635. The molecule has 1 heterocycles. The molecule has 1 unspecified atom stereocenters. The number of thiazole rings is 1. The van der Waals surface area contributed by atoms with Gasteiger partial charge in [-0.3, -0.25) is 0 Å². The molecule has 0 aliphatic heterocycles. The van der Waals surface area contributed by atoms with Gasteiger partial charge >= 0.3 is 0 Å². The van der Waals surface area contributed by atoms with E-state index in [1.54, 1.807) is 11.3 Å². The number of aromatic nitrogens is 1. The number of anilines is 1. The van der Waals surface area contributed by atoms with E-state index in [0.717, 1.165) is 23.9 Å². The van der Waals surface area contributed by atoms with Gasteiger partial charge in [0.1, 0.15) is 0 Å². The van der Waals surface area contributed by atoms with Gasteiger partial charge in [-0.15, -0.1) is 11.3 Å². The number of hydrogen-bond acceptors (Lipinski definition) is 4. The van der Waals surface area contributed by atoms with Crippen LogP contribution in [0.1, 0.15) is 31.1 Å². The molecule has 1 atom stereocenters. The van der Waals surface area contributed by atoms with Crippen molar-refractivity contribution in [1.82, 2.24) is 10.3 Å². The average Bonchev–Trinajstić information content (AvgIpc) is 2.94. The smallest absolute Gasteiger partial charge is 0.185 e. The Bertz CT molecular complexity index is 495. The van der Waals surface area contributed by atoms with Crippen LogP contribution in [0.15, 0.2) is 35.7 Å². The van der Waals surface area contributed by atoms with Crippen molar-refractivity contribution in [2.24, 2.45) is 0 Å². The van der Waals surface area contributed by atoms with Gasteiger partial charge < -0.3 is 10.2 Å². The number of rotatable bonds is 6. The monoisotopic (exact) mass is 275 g/mol. The number of benzene rings is 1. The molecular weight excluding hydrogens is 254 g/mol. The van der Waals surface area contributed by atoms with Crippen molar-refractivity contribution in [3.63, 3.8) is 0 Å². The second-order valence-electron chi connectivity index (χ2n) is 4.57. The molecule has 0 saturated carbocycles. The minimum Gasteiger partial charge on any atom is -0.344 e. The van der Waals surface area contributed by atoms with Gasteiger partial charge in [-0.05, 0) is 26.5 Å². The Hall–Kier alpha value is -1.39. The molecular formula is C15H21N3S. The van der Waals surface area contributed by atoms with Gasteiger partial charge in [0, 0.05) is 24.5 Å². The fourth-order valence-electron chi connectivity index (χ4n) is 1.89. The highest BCUT2D eigenvalue weighted by Gasteiger charge is 2.12. The SMILES string of the molecule is CCN(Cc1ccccc1)c1nc(C(C)NC)cs1. The van der Waals surface area contributed by atoms with Gasteiger partial charge in [0.2, 0.25) is 0 Å². The summed E-state index contributed by atoms with van der Waals surface area (Å²) in [4.78, 5) is 7.04. The molecule has 1 N–H and O–H groups in total. The summed E-state index contributed by atoms with van der Waals surface area (Å²) in [6.07, 6.45) is 0. The first-order chi connectivity index (χ1) is 9.24. The second kappa shape index (κ2) is 6.68. The molecule has 0 saturated heterocycles. The highest BCUT2D eigenvalue weighted by atomic mass is 32.1. The maximum Gasteiger partial charge on any atom is 0.185 e. The summed E-state index contributed by atoms with van der Waals surface area (Å²) in [5, 5.41) is 6.47. The average molecular weight is 275 g/mol. The molecule has 2 rings (SSSR count). The van der Waals surface area contributed by atoms with Crippen LogP contribution in [0.25, 0.3) is 0 Å². The van der Waals surface area contributed by atoms with Crippen molar-refractivity contribution in [2.45, 2.75) is 26.4 Å². The van der Waals surface area contributed by atoms with Crippen LogP contribution in [0.5, 0.6) is 0 Å². The predicted molar refractivity (Wildman–Crippen MR) is 82.8 cm³/mol. The normalized spacial score (nSPS) is 12.4. The van der Waals surface area contributed by atoms with E-state index >= 15 is 0 Å². The molecule has 102 valence electrons. The van der Waals surface area contributed by atoms with Gasteiger partial charge in [0.05, 0.1) is 5.69 Å². The van der Waals surface area contributed by atoms with E-state index in [0.29, 0.717) is 6.04 Å². The minimum atomic E-state index is 0.306. The first-order valence-electron chi connectivity index (χ1n) is 6.66. The van der Waals surface area contributed by atoms with Crippen molar-refractivity contribution >= 4 is 16.5 Å². The Kier molecular flexibility index (Phi) is 4.93. The Morgan fingerprint density at radius 1 is 1.32 bits per heavy atom. The van der Waals surface area contributed by atoms with E-state index < -0.39 is 0 Å². The Morgan fingerprint density at radius 3 is 2.68 bits per heavy atom. The van der Waals surface area contributed by atoms with Crippen LogP contribution < -0.4 is 10.2 Å². The standard InChI is InChI=1S/C15H21N3S/c1-4-18(10-13-8-6-5-7-9-13)15-17-14(11-19-15)12(2)16-3/h5-9,11-12,16H,4,10H2,1-3H3. The summed E-state index contributed by atoms with van der Waals surface area (Å²) < 4.78 is 0. The zero-order valence-electron chi connectivity index (χ0n) is 11.8. The van der Waals surface area contributed by atoms with E-state index in [1.165, 1.54) is 5.56 Å². The first-order valence-corrected chi connectivity index (χ1v) is 7.54. The molecule has 0 fully saturated rings. The number of nitrogens with one attached hydrogen (secondary N) is 1. The third kappa shape index (κ3) is 3.55. The predicted octanol–water partition coefficient (Wildman–Crippen LogP) is 3.45. The highest BCUT2D eigenvalue weighted by Crippen LogP contribution is 2.25. The quantitative estimate of drug-likeness (QED) is 0.875. The lowest BCUT2D eigenvalue weighted by Gasteiger charge is -2.20. The molecule has 1 aromatic heterocycles. The van der Waals surface area contributed by atoms with Crippen molar-refractivity contribution in [3.05, 3.63) is 47.0 Å². The van der Waals surface area contributed by atoms with Crippen molar-refractivity contribution < 1.29 is 0 Å². The van der Waals surface area contributed by atoms with Crippen molar-refractivity contribution in [3.8, 4) is 0 Å². The first kappa shape index (κ1) is 14.0. The summed E-state index contributed by atoms with van der Waals surface area (Å²) in [6, 6.07) is 10.8. The molecule has 0 bridgehead atoms. The van der Waals surface area contributed by atoms with Crippen molar-refractivity contribution in [2.75, 3.05) is 18.5 Å². The summed E-state index contributed by atoms with van der Waals surface area (Å²) in [5.74, 6) is 0. The molecule has 1 aromatic carbocycles. The Labute approximate surface area is 119 Å². The molecule has 0 spiro atoms. The Morgan fingerprint density at radius 2 is 2.05 bits per heavy atom. The molecule has 0 radical (unpaired) electrons. The van der Waals surface area contributed by atoms with E-state index in [4.69, 9.17) is 4.98 Å². The van der Waals surface area contributed by atoms with E-state index in [9.17, 15) is 0 Å². The molecule has 3 nitrogen and oxygen atoms in total. The van der Waals surface area contributed by atoms with Crippen LogP contribution in [-0.2, 0) is 6.54 Å².